The average Bonchev–Trinajstić information content (AvgIpc) is 3.62. The van der Waals surface area contributed by atoms with Crippen molar-refractivity contribution in [1.82, 2.24) is 30.4 Å². The van der Waals surface area contributed by atoms with Gasteiger partial charge in [-0.25, -0.2) is 18.7 Å². The van der Waals surface area contributed by atoms with Crippen LogP contribution >= 0.6 is 0 Å². The van der Waals surface area contributed by atoms with Crippen molar-refractivity contribution in [2.24, 2.45) is 0 Å². The molecule has 0 spiro atoms. The first-order valence-electron chi connectivity index (χ1n) is 12.9. The number of amides is 1. The summed E-state index contributed by atoms with van der Waals surface area (Å²) in [6.07, 6.45) is 1.57. The van der Waals surface area contributed by atoms with Gasteiger partial charge in [-0.2, -0.15) is 4.98 Å². The van der Waals surface area contributed by atoms with E-state index in [4.69, 9.17) is 10.3 Å². The van der Waals surface area contributed by atoms with Crippen molar-refractivity contribution in [1.29, 1.82) is 0 Å². The molecule has 0 aliphatic heterocycles. The molecule has 0 aliphatic carbocycles. The number of halogens is 2. The molecule has 41 heavy (non-hydrogen) atoms. The van der Waals surface area contributed by atoms with E-state index >= 15 is 4.39 Å². The molecule has 0 aliphatic rings. The number of H-pyrrole nitrogens is 1. The SMILES string of the molecule is C=C.CC.CC(C)(C)c1noc(C(=O)NCc2ccc(-c3ccnc4nc(-c5ccc(F)cc5N)[nH]c34)cc2F)n1. The number of hydrogen-bond acceptors (Lipinski definition) is 7. The van der Waals surface area contributed by atoms with Crippen molar-refractivity contribution in [3.05, 3.63) is 90.7 Å². The van der Waals surface area contributed by atoms with Crippen LogP contribution in [0.4, 0.5) is 14.5 Å². The minimum Gasteiger partial charge on any atom is -0.398 e. The van der Waals surface area contributed by atoms with E-state index in [1.54, 1.807) is 24.4 Å². The molecule has 5 rings (SSSR count). The summed E-state index contributed by atoms with van der Waals surface area (Å²) < 4.78 is 33.5. The number of aromatic amines is 1. The number of benzene rings is 2. The highest BCUT2D eigenvalue weighted by Gasteiger charge is 2.24. The quantitative estimate of drug-likeness (QED) is 0.163. The Labute approximate surface area is 236 Å². The topological polar surface area (TPSA) is 136 Å². The predicted molar refractivity (Wildman–Crippen MR) is 156 cm³/mol. The Morgan fingerprint density at radius 1 is 1.05 bits per heavy atom. The lowest BCUT2D eigenvalue weighted by Gasteiger charge is -2.10. The average molecular weight is 562 g/mol. The molecule has 0 fully saturated rings. The van der Waals surface area contributed by atoms with Crippen molar-refractivity contribution in [2.75, 3.05) is 5.73 Å². The Bertz CT molecular complexity index is 1650. The lowest BCUT2D eigenvalue weighted by atomic mass is 9.96. The zero-order chi connectivity index (χ0) is 30.3. The predicted octanol–water partition coefficient (Wildman–Crippen LogP) is 6.59. The number of imidazole rings is 1. The molecular formula is C30H33F2N7O2. The maximum Gasteiger partial charge on any atom is 0.315 e. The van der Waals surface area contributed by atoms with Gasteiger partial charge in [0.2, 0.25) is 0 Å². The number of nitrogens with zero attached hydrogens (tertiary/aromatic N) is 4. The summed E-state index contributed by atoms with van der Waals surface area (Å²) in [7, 11) is 0. The van der Waals surface area contributed by atoms with Gasteiger partial charge in [0.05, 0.1) is 5.52 Å². The number of nitrogens with one attached hydrogen (secondary N) is 2. The molecule has 9 nitrogen and oxygen atoms in total. The first-order valence-corrected chi connectivity index (χ1v) is 12.9. The molecule has 214 valence electrons. The molecule has 11 heteroatoms. The number of rotatable bonds is 5. The second-order valence-electron chi connectivity index (χ2n) is 9.54. The van der Waals surface area contributed by atoms with E-state index in [-0.39, 0.29) is 29.1 Å². The third-order valence-electron chi connectivity index (χ3n) is 5.76. The van der Waals surface area contributed by atoms with Crippen LogP contribution in [0, 0.1) is 11.6 Å². The zero-order valence-electron chi connectivity index (χ0n) is 23.7. The molecule has 4 N–H and O–H groups in total. The van der Waals surface area contributed by atoms with Gasteiger partial charge in [-0.05, 0) is 35.9 Å². The third kappa shape index (κ3) is 6.81. The summed E-state index contributed by atoms with van der Waals surface area (Å²) in [5, 5.41) is 6.42. The Morgan fingerprint density at radius 2 is 1.78 bits per heavy atom. The van der Waals surface area contributed by atoms with Gasteiger partial charge in [0.1, 0.15) is 17.5 Å². The number of nitrogen functional groups attached to an aromatic ring is 1. The van der Waals surface area contributed by atoms with Crippen LogP contribution in [0.2, 0.25) is 0 Å². The largest absolute Gasteiger partial charge is 0.398 e. The second kappa shape index (κ2) is 12.9. The van der Waals surface area contributed by atoms with Crippen LogP contribution in [0.1, 0.15) is 56.7 Å². The van der Waals surface area contributed by atoms with Crippen molar-refractivity contribution >= 4 is 22.8 Å². The van der Waals surface area contributed by atoms with Crippen molar-refractivity contribution in [2.45, 2.75) is 46.6 Å². The summed E-state index contributed by atoms with van der Waals surface area (Å²) in [5.74, 6) is -0.907. The van der Waals surface area contributed by atoms with E-state index in [9.17, 15) is 9.18 Å². The third-order valence-corrected chi connectivity index (χ3v) is 5.76. The maximum atomic E-state index is 15.0. The lowest BCUT2D eigenvalue weighted by Crippen LogP contribution is -2.24. The monoisotopic (exact) mass is 561 g/mol. The molecule has 0 unspecified atom stereocenters. The Hall–Kier alpha value is -4.93. The van der Waals surface area contributed by atoms with E-state index < -0.39 is 17.5 Å². The molecule has 2 aromatic carbocycles. The number of nitrogens with two attached hydrogens (primary N) is 1. The number of carbonyl (C=O) groups excluding carboxylic acids is 1. The first-order chi connectivity index (χ1) is 19.6. The highest BCUT2D eigenvalue weighted by atomic mass is 19.1. The van der Waals surface area contributed by atoms with Crippen LogP contribution in [0.15, 0.2) is 66.3 Å². The van der Waals surface area contributed by atoms with Crippen LogP contribution < -0.4 is 11.1 Å². The summed E-state index contributed by atoms with van der Waals surface area (Å²) in [6.45, 7) is 15.6. The van der Waals surface area contributed by atoms with E-state index in [0.717, 1.165) is 0 Å². The molecule has 0 radical (unpaired) electrons. The standard InChI is InChI=1S/C26H23F2N7O2.C2H6.C2H4/c1-26(2,3)25-34-24(37-35-25)23(36)31-12-14-5-4-13(10-18(14)28)16-8-9-30-22-20(16)32-21(33-22)17-7-6-15(27)11-19(17)29;2*1-2/h4-11H,12,29H2,1-3H3,(H,31,36)(H,30,32,33);1-2H3;1-2H2. The van der Waals surface area contributed by atoms with Crippen LogP contribution in [0.5, 0.6) is 0 Å². The number of aromatic nitrogens is 5. The Kier molecular flexibility index (Phi) is 9.67. The molecule has 3 heterocycles. The van der Waals surface area contributed by atoms with E-state index in [0.29, 0.717) is 39.5 Å². The number of carbonyl (C=O) groups is 1. The Balaban J connectivity index is 0.00000111. The highest BCUT2D eigenvalue weighted by Crippen LogP contribution is 2.31. The van der Waals surface area contributed by atoms with Gasteiger partial charge in [-0.1, -0.05) is 51.9 Å². The van der Waals surface area contributed by atoms with Gasteiger partial charge in [0.25, 0.3) is 0 Å². The normalized spacial score (nSPS) is 10.8. The maximum absolute atomic E-state index is 15.0. The van der Waals surface area contributed by atoms with Gasteiger partial charge >= 0.3 is 11.8 Å². The van der Waals surface area contributed by atoms with E-state index in [1.165, 1.54) is 24.3 Å². The van der Waals surface area contributed by atoms with Crippen molar-refractivity contribution in [3.8, 4) is 22.5 Å². The summed E-state index contributed by atoms with van der Waals surface area (Å²) >= 11 is 0. The number of pyridine rings is 1. The lowest BCUT2D eigenvalue weighted by molar-refractivity contribution is 0.0906. The van der Waals surface area contributed by atoms with Gasteiger partial charge in [-0.15, -0.1) is 13.2 Å². The summed E-state index contributed by atoms with van der Waals surface area (Å²) in [6, 6.07) is 10.5. The van der Waals surface area contributed by atoms with Gasteiger partial charge in [0.15, 0.2) is 11.5 Å². The Morgan fingerprint density at radius 3 is 2.41 bits per heavy atom. The molecule has 0 saturated heterocycles. The molecular weight excluding hydrogens is 528 g/mol. The van der Waals surface area contributed by atoms with Gasteiger partial charge < -0.3 is 20.6 Å². The zero-order valence-corrected chi connectivity index (χ0v) is 23.7. The van der Waals surface area contributed by atoms with E-state index in [2.05, 4.69) is 43.6 Å². The molecule has 0 atom stereocenters. The minimum absolute atomic E-state index is 0.0675. The molecule has 0 saturated carbocycles. The minimum atomic E-state index is -0.590. The van der Waals surface area contributed by atoms with Gasteiger partial charge in [0, 0.05) is 40.5 Å². The van der Waals surface area contributed by atoms with Crippen LogP contribution in [0.25, 0.3) is 33.7 Å². The number of anilines is 1. The fraction of sp³-hybridized carbons (Fsp3) is 0.233. The molecule has 3 aromatic heterocycles. The number of fused-ring (bicyclic) bond motifs is 1. The van der Waals surface area contributed by atoms with Crippen molar-refractivity contribution < 1.29 is 18.1 Å². The summed E-state index contributed by atoms with van der Waals surface area (Å²) in [4.78, 5) is 28.4. The smallest absolute Gasteiger partial charge is 0.315 e. The fourth-order valence-electron chi connectivity index (χ4n) is 3.76. The molecule has 0 bridgehead atoms. The fourth-order valence-corrected chi connectivity index (χ4v) is 3.76. The van der Waals surface area contributed by atoms with Crippen molar-refractivity contribution in [3.63, 3.8) is 0 Å². The van der Waals surface area contributed by atoms with Gasteiger partial charge in [-0.3, -0.25) is 4.79 Å². The first kappa shape index (κ1) is 30.6. The van der Waals surface area contributed by atoms with Crippen LogP contribution in [-0.4, -0.2) is 31.0 Å². The van der Waals surface area contributed by atoms with Crippen LogP contribution in [-0.2, 0) is 12.0 Å². The number of hydrogen-bond donors (Lipinski definition) is 3. The summed E-state index contributed by atoms with van der Waals surface area (Å²) in [5.41, 5.74) is 8.84. The molecule has 1 amide bonds. The second-order valence-corrected chi connectivity index (χ2v) is 9.54. The van der Waals surface area contributed by atoms with E-state index in [1.807, 2.05) is 34.6 Å². The molecule has 5 aromatic rings. The highest BCUT2D eigenvalue weighted by molar-refractivity contribution is 5.92. The van der Waals surface area contributed by atoms with Crippen LogP contribution in [0.3, 0.4) is 0 Å².